The third-order valence-electron chi connectivity index (χ3n) is 2.43. The van der Waals surface area contributed by atoms with Crippen LogP contribution in [0.2, 0.25) is 0 Å². The summed E-state index contributed by atoms with van der Waals surface area (Å²) in [5.74, 6) is -1.02. The summed E-state index contributed by atoms with van der Waals surface area (Å²) in [7, 11) is 3.86. The number of rotatable bonds is 8. The molecule has 6 nitrogen and oxygen atoms in total. The van der Waals surface area contributed by atoms with Crippen molar-refractivity contribution in [2.45, 2.75) is 26.3 Å². The Balaban J connectivity index is 4.48. The Kier molecular flexibility index (Phi) is 8.32. The molecule has 106 valence electrons. The summed E-state index contributed by atoms with van der Waals surface area (Å²) in [5, 5.41) is 0. The first kappa shape index (κ1) is 16.9. The van der Waals surface area contributed by atoms with Crippen molar-refractivity contribution in [3.8, 4) is 0 Å². The van der Waals surface area contributed by atoms with Crippen LogP contribution in [0.25, 0.3) is 0 Å². The van der Waals surface area contributed by atoms with Gasteiger partial charge in [-0.3, -0.25) is 4.79 Å². The first-order valence-electron chi connectivity index (χ1n) is 6.29. The van der Waals surface area contributed by atoms with Crippen LogP contribution < -0.4 is 5.73 Å². The third-order valence-corrected chi connectivity index (χ3v) is 2.43. The second-order valence-corrected chi connectivity index (χ2v) is 4.36. The second kappa shape index (κ2) is 8.88. The number of carbonyl (C=O) groups excluding carboxylic acids is 2. The maximum absolute atomic E-state index is 12.0. The number of hydrogen-bond acceptors (Lipinski definition) is 5. The highest BCUT2D eigenvalue weighted by Gasteiger charge is 2.27. The minimum Gasteiger partial charge on any atom is -0.464 e. The van der Waals surface area contributed by atoms with E-state index in [0.717, 1.165) is 13.0 Å². The molecule has 0 spiro atoms. The van der Waals surface area contributed by atoms with Crippen molar-refractivity contribution in [1.29, 1.82) is 0 Å². The Hall–Kier alpha value is -1.14. The fraction of sp³-hybridized carbons (Fsp3) is 0.833. The molecule has 0 aliphatic heterocycles. The van der Waals surface area contributed by atoms with Gasteiger partial charge >= 0.3 is 5.97 Å². The van der Waals surface area contributed by atoms with E-state index in [1.165, 1.54) is 0 Å². The summed E-state index contributed by atoms with van der Waals surface area (Å²) in [6.45, 7) is 5.79. The molecule has 0 heterocycles. The number of carbonyl (C=O) groups is 2. The van der Waals surface area contributed by atoms with E-state index in [-0.39, 0.29) is 12.5 Å². The molecule has 0 bridgehead atoms. The predicted molar refractivity (Wildman–Crippen MR) is 70.0 cm³/mol. The van der Waals surface area contributed by atoms with Gasteiger partial charge in [-0.1, -0.05) is 6.92 Å². The van der Waals surface area contributed by atoms with E-state index in [2.05, 4.69) is 0 Å². The minimum atomic E-state index is -1.21. The summed E-state index contributed by atoms with van der Waals surface area (Å²) >= 11 is 0. The zero-order chi connectivity index (χ0) is 14.1. The topological polar surface area (TPSA) is 75.9 Å². The summed E-state index contributed by atoms with van der Waals surface area (Å²) in [6, 6.07) is -1.21. The molecule has 0 radical (unpaired) electrons. The van der Waals surface area contributed by atoms with Gasteiger partial charge in [0.25, 0.3) is 5.91 Å². The number of ether oxygens (including phenoxy) is 1. The lowest BCUT2D eigenvalue weighted by Crippen LogP contribution is -2.50. The number of hydrogen-bond donors (Lipinski definition) is 1. The van der Waals surface area contributed by atoms with Gasteiger partial charge in [0.15, 0.2) is 6.04 Å². The molecule has 18 heavy (non-hydrogen) atoms. The standard InChI is InChI=1S/C12H25N3O3/c1-5-7-15(9-8-14(3)4)11(16)10(13)12(17)18-6-2/h10H,5-9,13H2,1-4H3. The van der Waals surface area contributed by atoms with E-state index in [4.69, 9.17) is 10.5 Å². The molecule has 1 atom stereocenters. The zero-order valence-electron chi connectivity index (χ0n) is 11.8. The monoisotopic (exact) mass is 259 g/mol. The molecule has 6 heteroatoms. The smallest absolute Gasteiger partial charge is 0.332 e. The van der Waals surface area contributed by atoms with Crippen molar-refractivity contribution in [2.75, 3.05) is 40.3 Å². The van der Waals surface area contributed by atoms with E-state index in [9.17, 15) is 9.59 Å². The van der Waals surface area contributed by atoms with Crippen molar-refractivity contribution in [3.05, 3.63) is 0 Å². The maximum Gasteiger partial charge on any atom is 0.332 e. The Morgan fingerprint density at radius 1 is 1.17 bits per heavy atom. The van der Waals surface area contributed by atoms with Crippen LogP contribution in [0.5, 0.6) is 0 Å². The SMILES string of the molecule is CCCN(CCN(C)C)C(=O)C(N)C(=O)OCC. The average Bonchev–Trinajstić information content (AvgIpc) is 2.32. The van der Waals surface area contributed by atoms with Crippen LogP contribution in [-0.2, 0) is 14.3 Å². The van der Waals surface area contributed by atoms with Gasteiger partial charge in [0.2, 0.25) is 0 Å². The molecule has 0 aliphatic rings. The summed E-state index contributed by atoms with van der Waals surface area (Å²) in [4.78, 5) is 27.1. The molecule has 0 saturated carbocycles. The number of likely N-dealkylation sites (N-methyl/N-ethyl adjacent to an activating group) is 1. The van der Waals surface area contributed by atoms with E-state index in [1.54, 1.807) is 11.8 Å². The molecule has 0 rings (SSSR count). The number of esters is 1. The first-order chi connectivity index (χ1) is 8.43. The van der Waals surface area contributed by atoms with Gasteiger partial charge in [0.1, 0.15) is 0 Å². The molecular weight excluding hydrogens is 234 g/mol. The van der Waals surface area contributed by atoms with Crippen LogP contribution in [0.3, 0.4) is 0 Å². The normalized spacial score (nSPS) is 12.3. The lowest BCUT2D eigenvalue weighted by molar-refractivity contribution is -0.151. The largest absolute Gasteiger partial charge is 0.464 e. The Morgan fingerprint density at radius 2 is 1.78 bits per heavy atom. The highest BCUT2D eigenvalue weighted by Crippen LogP contribution is 1.99. The lowest BCUT2D eigenvalue weighted by Gasteiger charge is -2.25. The molecule has 1 unspecified atom stereocenters. The zero-order valence-corrected chi connectivity index (χ0v) is 11.8. The first-order valence-corrected chi connectivity index (χ1v) is 6.29. The van der Waals surface area contributed by atoms with Gasteiger partial charge in [-0.25, -0.2) is 4.79 Å². The van der Waals surface area contributed by atoms with E-state index in [1.807, 2.05) is 25.9 Å². The van der Waals surface area contributed by atoms with Crippen LogP contribution in [0.1, 0.15) is 20.3 Å². The Labute approximate surface area is 109 Å². The molecule has 0 saturated heterocycles. The van der Waals surface area contributed by atoms with Crippen LogP contribution in [0.15, 0.2) is 0 Å². The highest BCUT2D eigenvalue weighted by atomic mass is 16.5. The minimum absolute atomic E-state index is 0.227. The summed E-state index contributed by atoms with van der Waals surface area (Å²) in [5.41, 5.74) is 5.61. The van der Waals surface area contributed by atoms with E-state index >= 15 is 0 Å². The van der Waals surface area contributed by atoms with Gasteiger partial charge in [-0.2, -0.15) is 0 Å². The van der Waals surface area contributed by atoms with Crippen molar-refractivity contribution < 1.29 is 14.3 Å². The fourth-order valence-electron chi connectivity index (χ4n) is 1.45. The second-order valence-electron chi connectivity index (χ2n) is 4.36. The molecule has 0 fully saturated rings. The van der Waals surface area contributed by atoms with Crippen LogP contribution in [-0.4, -0.2) is 68.1 Å². The molecular formula is C12H25N3O3. The Bertz CT molecular complexity index is 269. The van der Waals surface area contributed by atoms with Gasteiger partial charge in [-0.15, -0.1) is 0 Å². The molecule has 0 aromatic heterocycles. The predicted octanol–water partition coefficient (Wildman–Crippen LogP) is -0.323. The van der Waals surface area contributed by atoms with E-state index < -0.39 is 12.0 Å². The Morgan fingerprint density at radius 3 is 2.22 bits per heavy atom. The quantitative estimate of drug-likeness (QED) is 0.477. The number of amides is 1. The fourth-order valence-corrected chi connectivity index (χ4v) is 1.45. The van der Waals surface area contributed by atoms with Crippen molar-refractivity contribution in [2.24, 2.45) is 5.73 Å². The number of nitrogens with two attached hydrogens (primary N) is 1. The average molecular weight is 259 g/mol. The maximum atomic E-state index is 12.0. The number of nitrogens with zero attached hydrogens (tertiary/aromatic N) is 2. The van der Waals surface area contributed by atoms with Crippen molar-refractivity contribution >= 4 is 11.9 Å². The summed E-state index contributed by atoms with van der Waals surface area (Å²) < 4.78 is 4.76. The van der Waals surface area contributed by atoms with Crippen molar-refractivity contribution in [1.82, 2.24) is 9.80 Å². The van der Waals surface area contributed by atoms with Gasteiger partial charge in [0, 0.05) is 19.6 Å². The molecule has 1 amide bonds. The lowest BCUT2D eigenvalue weighted by atomic mass is 10.2. The van der Waals surface area contributed by atoms with Gasteiger partial charge in [-0.05, 0) is 27.4 Å². The van der Waals surface area contributed by atoms with Gasteiger partial charge in [0.05, 0.1) is 6.61 Å². The summed E-state index contributed by atoms with van der Waals surface area (Å²) in [6.07, 6.45) is 0.828. The van der Waals surface area contributed by atoms with Crippen LogP contribution >= 0.6 is 0 Å². The van der Waals surface area contributed by atoms with Crippen LogP contribution in [0.4, 0.5) is 0 Å². The molecule has 2 N–H and O–H groups in total. The molecule has 0 aromatic rings. The van der Waals surface area contributed by atoms with Gasteiger partial charge < -0.3 is 20.3 Å². The molecule has 0 aromatic carbocycles. The highest BCUT2D eigenvalue weighted by molar-refractivity contribution is 6.01. The van der Waals surface area contributed by atoms with E-state index in [0.29, 0.717) is 13.1 Å². The van der Waals surface area contributed by atoms with Crippen molar-refractivity contribution in [3.63, 3.8) is 0 Å². The molecule has 0 aliphatic carbocycles. The van der Waals surface area contributed by atoms with Crippen LogP contribution in [0, 0.1) is 0 Å². The third kappa shape index (κ3) is 5.97.